The Balaban J connectivity index is 0.000000177. The van der Waals surface area contributed by atoms with E-state index in [0.717, 1.165) is 37.8 Å². The molecule has 2 aromatic heterocycles. The number of pyridine rings is 2. The van der Waals surface area contributed by atoms with Crippen LogP contribution in [-0.4, -0.2) is 83.2 Å². The molecule has 5 atom stereocenters. The first-order valence-electron chi connectivity index (χ1n) is 19.3. The summed E-state index contributed by atoms with van der Waals surface area (Å²) in [7, 11) is 1.81. The maximum atomic E-state index is 15.3. The summed E-state index contributed by atoms with van der Waals surface area (Å²) in [5, 5.41) is 40.4. The maximum Gasteiger partial charge on any atom is 0.343 e. The lowest BCUT2D eigenvalue weighted by atomic mass is 9.97. The molecule has 17 heteroatoms. The van der Waals surface area contributed by atoms with Crippen LogP contribution >= 0.6 is 0 Å². The molecular weight excluding hydrogens is 754 g/mol. The molecule has 5 N–H and O–H groups in total. The number of nitrogens with zero attached hydrogens (tertiary/aromatic N) is 6. The lowest BCUT2D eigenvalue weighted by Crippen LogP contribution is -2.35. The molecule has 304 valence electrons. The minimum Gasteiger partial charge on any atom is -0.487 e. The number of carboxylic acid groups (broad SMARTS) is 2. The number of nitriles is 2. The molecule has 2 unspecified atom stereocenters. The number of fused-ring (bicyclic) bond motifs is 1. The van der Waals surface area contributed by atoms with Gasteiger partial charge in [0.05, 0.1) is 47.4 Å². The Morgan fingerprint density at radius 2 is 1.66 bits per heavy atom. The molecule has 0 bridgehead atoms. The highest BCUT2D eigenvalue weighted by molar-refractivity contribution is 5.99. The first kappa shape index (κ1) is 40.2. The van der Waals surface area contributed by atoms with Crippen molar-refractivity contribution >= 4 is 45.2 Å². The molecule has 1 aliphatic carbocycles. The third-order valence-electron chi connectivity index (χ3n) is 11.9. The lowest BCUT2D eigenvalue weighted by Gasteiger charge is -2.31. The van der Waals surface area contributed by atoms with E-state index in [1.54, 1.807) is 10.6 Å². The minimum absolute atomic E-state index is 0.00558. The van der Waals surface area contributed by atoms with Crippen LogP contribution in [0.25, 0.3) is 21.8 Å². The van der Waals surface area contributed by atoms with E-state index in [4.69, 9.17) is 21.0 Å². The molecule has 4 aromatic rings. The van der Waals surface area contributed by atoms with Crippen LogP contribution < -0.4 is 36.4 Å². The van der Waals surface area contributed by atoms with Gasteiger partial charge in [-0.2, -0.15) is 10.5 Å². The van der Waals surface area contributed by atoms with Crippen LogP contribution in [0.15, 0.2) is 40.1 Å². The predicted molar refractivity (Wildman–Crippen MR) is 211 cm³/mol. The van der Waals surface area contributed by atoms with Crippen LogP contribution in [0.1, 0.15) is 78.2 Å². The van der Waals surface area contributed by atoms with Gasteiger partial charge in [0, 0.05) is 55.9 Å². The topological polar surface area (TPSA) is 220 Å². The van der Waals surface area contributed by atoms with Crippen molar-refractivity contribution in [1.82, 2.24) is 14.5 Å². The van der Waals surface area contributed by atoms with Crippen molar-refractivity contribution in [3.05, 3.63) is 73.7 Å². The average Bonchev–Trinajstić information content (AvgIpc) is 3.69. The Hall–Kier alpha value is -6.04. The number of hydrogen-bond acceptors (Lipinski definition) is 11. The first-order chi connectivity index (χ1) is 27.8. The van der Waals surface area contributed by atoms with Gasteiger partial charge < -0.3 is 44.9 Å². The zero-order valence-corrected chi connectivity index (χ0v) is 32.1. The van der Waals surface area contributed by atoms with Crippen molar-refractivity contribution in [2.45, 2.75) is 69.6 Å². The number of nitrogens with one attached hydrogen (secondary N) is 1. The Morgan fingerprint density at radius 1 is 0.966 bits per heavy atom. The Bertz CT molecular complexity index is 2520. The van der Waals surface area contributed by atoms with Crippen LogP contribution in [0.3, 0.4) is 0 Å². The third-order valence-corrected chi connectivity index (χ3v) is 11.9. The molecule has 5 heterocycles. The Kier molecular flexibility index (Phi) is 11.1. The molecule has 3 fully saturated rings. The van der Waals surface area contributed by atoms with Gasteiger partial charge in [-0.15, -0.1) is 0 Å². The van der Waals surface area contributed by atoms with Gasteiger partial charge in [-0.25, -0.2) is 18.4 Å². The number of ether oxygens (including phenoxy) is 1. The summed E-state index contributed by atoms with van der Waals surface area (Å²) in [6, 6.07) is 8.95. The third kappa shape index (κ3) is 7.20. The molecule has 2 aromatic carbocycles. The molecule has 0 amide bonds. The van der Waals surface area contributed by atoms with Crippen molar-refractivity contribution in [2.75, 3.05) is 49.6 Å². The van der Waals surface area contributed by atoms with Crippen molar-refractivity contribution in [1.29, 1.82) is 10.5 Å². The van der Waals surface area contributed by atoms with Crippen LogP contribution in [0.4, 0.5) is 20.3 Å². The number of nitrogens with two attached hydrogens (primary N) is 1. The number of carbonyl (C=O) groups is 2. The molecule has 8 rings (SSSR count). The van der Waals surface area contributed by atoms with Gasteiger partial charge >= 0.3 is 11.9 Å². The maximum absolute atomic E-state index is 15.3. The van der Waals surface area contributed by atoms with E-state index in [9.17, 15) is 33.8 Å². The highest BCUT2D eigenvalue weighted by Crippen LogP contribution is 2.45. The van der Waals surface area contributed by atoms with Gasteiger partial charge in [-0.05, 0) is 75.8 Å². The van der Waals surface area contributed by atoms with E-state index < -0.39 is 34.4 Å². The Morgan fingerprint density at radius 3 is 2.31 bits per heavy atom. The molecule has 15 nitrogen and oxygen atoms in total. The number of halogens is 2. The van der Waals surface area contributed by atoms with Crippen LogP contribution in [0, 0.1) is 46.1 Å². The fraction of sp³-hybridized carbons (Fsp3) is 0.463. The van der Waals surface area contributed by atoms with Gasteiger partial charge in [0.15, 0.2) is 11.6 Å². The number of aromatic carboxylic acids is 2. The molecule has 2 saturated heterocycles. The highest BCUT2D eigenvalue weighted by Gasteiger charge is 2.38. The van der Waals surface area contributed by atoms with Crippen molar-refractivity contribution < 1.29 is 33.3 Å². The van der Waals surface area contributed by atoms with Gasteiger partial charge in [-0.1, -0.05) is 0 Å². The number of carboxylic acids is 2. The summed E-state index contributed by atoms with van der Waals surface area (Å²) in [5.41, 5.74) is 5.27. The number of hydrogen-bond donors (Lipinski definition) is 4. The molecular formula is C41H44F2N8O7. The summed E-state index contributed by atoms with van der Waals surface area (Å²) in [6.07, 6.45) is 5.21. The number of aromatic nitrogens is 2. The summed E-state index contributed by atoms with van der Waals surface area (Å²) >= 11 is 0. The Labute approximate surface area is 331 Å². The summed E-state index contributed by atoms with van der Waals surface area (Å²) in [5.74, 6) is -2.95. The fourth-order valence-corrected chi connectivity index (χ4v) is 8.76. The van der Waals surface area contributed by atoms with Gasteiger partial charge in [0.1, 0.15) is 35.1 Å². The van der Waals surface area contributed by atoms with E-state index in [0.29, 0.717) is 55.1 Å². The molecule has 3 aliphatic heterocycles. The first-order valence-corrected chi connectivity index (χ1v) is 19.3. The van der Waals surface area contributed by atoms with Crippen molar-refractivity contribution in [3.8, 4) is 17.9 Å². The largest absolute Gasteiger partial charge is 0.487 e. The van der Waals surface area contributed by atoms with Gasteiger partial charge in [-0.3, -0.25) is 9.59 Å². The normalized spacial score (nSPS) is 20.8. The van der Waals surface area contributed by atoms with E-state index in [1.165, 1.54) is 12.3 Å². The predicted octanol–water partition coefficient (Wildman–Crippen LogP) is 4.36. The second kappa shape index (κ2) is 16.1. The zero-order valence-electron chi connectivity index (χ0n) is 32.1. The standard InChI is InChI=1S/C21H23FN4O4.C20H21FN4O3/c1-11-10-30-20-17-13(19(27)14(21(28)29)9-26(11)17)7-15(22)18(20)25-6-4-12(8-25)16(24-2)3-5-23;21-12-1-4-16-14(9-12)18(26)17(20(27)28)19(25(16)13-2-3-13)24-8-6-11(10-24)15(23)5-7-22/h7,9,11-12,16,24H,3-4,6,8,10H2,1-2H3,(H,28,29);1,4,9,11,13,15H,2-3,5-6,8,10,23H2,(H,27,28)/t11-,12+,16-;/m0./s1. The van der Waals surface area contributed by atoms with E-state index in [1.807, 2.05) is 28.3 Å². The number of anilines is 2. The van der Waals surface area contributed by atoms with Crippen molar-refractivity contribution in [3.63, 3.8) is 0 Å². The lowest BCUT2D eigenvalue weighted by molar-refractivity contribution is 0.0684. The number of rotatable bonds is 10. The second-order valence-electron chi connectivity index (χ2n) is 15.5. The SMILES string of the molecule is CN[C@@H](CC#N)[C@@H]1CCN(c2c(F)cc3c(=O)c(C(=O)O)cn4c3c2OC[C@@H]4C)C1.N#CCC(N)C1CCN(c2c(C(=O)O)c(=O)c3cc(F)ccc3n2C2CC2)C1. The average molecular weight is 799 g/mol. The molecule has 0 radical (unpaired) electrons. The molecule has 0 spiro atoms. The van der Waals surface area contributed by atoms with Gasteiger partial charge in [0.2, 0.25) is 10.9 Å². The zero-order chi connectivity index (χ0) is 41.6. The smallest absolute Gasteiger partial charge is 0.343 e. The fourth-order valence-electron chi connectivity index (χ4n) is 8.76. The number of benzene rings is 2. The van der Waals surface area contributed by atoms with E-state index in [2.05, 4.69) is 17.5 Å². The van der Waals surface area contributed by atoms with Crippen LogP contribution in [-0.2, 0) is 0 Å². The quantitative estimate of drug-likeness (QED) is 0.176. The van der Waals surface area contributed by atoms with Gasteiger partial charge in [0.25, 0.3) is 0 Å². The summed E-state index contributed by atoms with van der Waals surface area (Å²) in [6.45, 7) is 4.29. The minimum atomic E-state index is -1.34. The van der Waals surface area contributed by atoms with Crippen molar-refractivity contribution in [2.24, 2.45) is 17.6 Å². The van der Waals surface area contributed by atoms with E-state index >= 15 is 4.39 Å². The summed E-state index contributed by atoms with van der Waals surface area (Å²) in [4.78, 5) is 53.0. The highest BCUT2D eigenvalue weighted by atomic mass is 19.1. The monoisotopic (exact) mass is 798 g/mol. The molecule has 4 aliphatic rings. The second-order valence-corrected chi connectivity index (χ2v) is 15.5. The van der Waals surface area contributed by atoms with Crippen LogP contribution in [0.5, 0.6) is 5.75 Å². The van der Waals surface area contributed by atoms with Crippen LogP contribution in [0.2, 0.25) is 0 Å². The van der Waals surface area contributed by atoms with E-state index in [-0.39, 0.29) is 76.7 Å². The summed E-state index contributed by atoms with van der Waals surface area (Å²) < 4.78 is 38.5. The molecule has 1 saturated carbocycles. The molecule has 58 heavy (non-hydrogen) atoms.